The van der Waals surface area contributed by atoms with Gasteiger partial charge in [-0.2, -0.15) is 0 Å². The fraction of sp³-hybridized carbons (Fsp3) is 0. The molecule has 104 valence electrons. The lowest BCUT2D eigenvalue weighted by molar-refractivity contribution is 0.102. The van der Waals surface area contributed by atoms with Crippen LogP contribution in [0.5, 0.6) is 0 Å². The highest BCUT2D eigenvalue weighted by Gasteiger charge is 2.16. The van der Waals surface area contributed by atoms with E-state index in [1.54, 1.807) is 17.5 Å². The fourth-order valence-corrected chi connectivity index (χ4v) is 3.99. The first-order valence-electron chi connectivity index (χ1n) is 6.02. The molecule has 0 aliphatic rings. The van der Waals surface area contributed by atoms with Crippen molar-refractivity contribution in [2.45, 2.75) is 0 Å². The summed E-state index contributed by atoms with van der Waals surface area (Å²) in [6.07, 6.45) is 3.56. The molecule has 0 aromatic carbocycles. The summed E-state index contributed by atoms with van der Waals surface area (Å²) >= 11 is 4.48. The summed E-state index contributed by atoms with van der Waals surface area (Å²) in [5.74, 6) is -0.175. The van der Waals surface area contributed by atoms with Gasteiger partial charge in [-0.25, -0.2) is 9.97 Å². The number of rotatable bonds is 3. The van der Waals surface area contributed by atoms with Crippen molar-refractivity contribution in [2.24, 2.45) is 0 Å². The molecule has 5 nitrogen and oxygen atoms in total. The van der Waals surface area contributed by atoms with Gasteiger partial charge in [0, 0.05) is 23.2 Å². The second-order valence-corrected chi connectivity index (χ2v) is 6.85. The van der Waals surface area contributed by atoms with Crippen molar-refractivity contribution in [3.63, 3.8) is 0 Å². The van der Waals surface area contributed by atoms with Crippen LogP contribution in [0, 0.1) is 0 Å². The monoisotopic (exact) mass is 332 g/mol. The van der Waals surface area contributed by atoms with E-state index in [9.17, 15) is 4.79 Å². The predicted molar refractivity (Wildman–Crippen MR) is 86.4 cm³/mol. The number of amides is 1. The van der Waals surface area contributed by atoms with Crippen molar-refractivity contribution < 1.29 is 4.79 Å². The average Bonchev–Trinajstić information content (AvgIpc) is 3.23. The minimum absolute atomic E-state index is 0.175. The number of thiophene rings is 1. The van der Waals surface area contributed by atoms with Crippen LogP contribution < -0.4 is 5.32 Å². The van der Waals surface area contributed by atoms with Crippen LogP contribution in [0.4, 0.5) is 5.13 Å². The molecule has 4 aromatic rings. The lowest BCUT2D eigenvalue weighted by Gasteiger charge is -1.99. The fourth-order valence-electron chi connectivity index (χ4n) is 1.94. The Labute approximate surface area is 131 Å². The van der Waals surface area contributed by atoms with Crippen molar-refractivity contribution in [3.8, 4) is 10.6 Å². The molecule has 0 saturated heterocycles. The molecule has 0 saturated carbocycles. The van der Waals surface area contributed by atoms with E-state index in [1.165, 1.54) is 22.7 Å². The minimum Gasteiger partial charge on any atom is -0.297 e. The van der Waals surface area contributed by atoms with E-state index in [0.717, 1.165) is 15.5 Å². The highest BCUT2D eigenvalue weighted by Crippen LogP contribution is 2.27. The molecule has 1 amide bonds. The van der Waals surface area contributed by atoms with Crippen LogP contribution in [-0.4, -0.2) is 20.3 Å². The Balaban J connectivity index is 1.70. The van der Waals surface area contributed by atoms with Gasteiger partial charge in [-0.3, -0.25) is 14.5 Å². The van der Waals surface area contributed by atoms with Crippen LogP contribution in [0.1, 0.15) is 10.5 Å². The van der Waals surface area contributed by atoms with E-state index in [2.05, 4.69) is 15.3 Å². The van der Waals surface area contributed by atoms with Crippen LogP contribution in [-0.2, 0) is 0 Å². The van der Waals surface area contributed by atoms with Gasteiger partial charge in [0.2, 0.25) is 0 Å². The maximum Gasteiger partial charge on any atom is 0.275 e. The number of carbonyl (C=O) groups excluding carboxylic acids is 1. The quantitative estimate of drug-likeness (QED) is 0.620. The Morgan fingerprint density at radius 2 is 2.19 bits per heavy atom. The Morgan fingerprint density at radius 1 is 1.24 bits per heavy atom. The molecule has 0 aliphatic heterocycles. The van der Waals surface area contributed by atoms with Crippen LogP contribution in [0.25, 0.3) is 15.5 Å². The first-order chi connectivity index (χ1) is 10.3. The summed E-state index contributed by atoms with van der Waals surface area (Å²) < 4.78 is 1.82. The van der Waals surface area contributed by atoms with Gasteiger partial charge in [-0.15, -0.1) is 34.0 Å². The van der Waals surface area contributed by atoms with Crippen LogP contribution in [0.15, 0.2) is 40.7 Å². The maximum atomic E-state index is 12.3. The van der Waals surface area contributed by atoms with Crippen LogP contribution in [0.3, 0.4) is 0 Å². The number of anilines is 1. The van der Waals surface area contributed by atoms with Crippen LogP contribution in [0.2, 0.25) is 0 Å². The zero-order valence-corrected chi connectivity index (χ0v) is 13.0. The number of fused-ring (bicyclic) bond motifs is 1. The van der Waals surface area contributed by atoms with Crippen molar-refractivity contribution in [1.29, 1.82) is 0 Å². The lowest BCUT2D eigenvalue weighted by Crippen LogP contribution is -2.13. The summed E-state index contributed by atoms with van der Waals surface area (Å²) in [6.45, 7) is 0. The zero-order chi connectivity index (χ0) is 14.2. The number of nitrogens with zero attached hydrogens (tertiary/aromatic N) is 3. The van der Waals surface area contributed by atoms with Gasteiger partial charge in [0.1, 0.15) is 11.4 Å². The number of nitrogens with one attached hydrogen (secondary N) is 1. The molecule has 4 heterocycles. The predicted octanol–water partition coefficient (Wildman–Crippen LogP) is 3.83. The molecule has 21 heavy (non-hydrogen) atoms. The number of imidazole rings is 1. The van der Waals surface area contributed by atoms with E-state index < -0.39 is 0 Å². The van der Waals surface area contributed by atoms with E-state index in [4.69, 9.17) is 0 Å². The Kier molecular flexibility index (Phi) is 3.06. The molecule has 0 fully saturated rings. The van der Waals surface area contributed by atoms with Gasteiger partial charge in [0.05, 0.1) is 4.88 Å². The molecular formula is C13H8N4OS3. The highest BCUT2D eigenvalue weighted by molar-refractivity contribution is 7.15. The number of hydrogen-bond acceptors (Lipinski definition) is 6. The molecule has 8 heteroatoms. The van der Waals surface area contributed by atoms with E-state index >= 15 is 0 Å². The van der Waals surface area contributed by atoms with Crippen molar-refractivity contribution in [3.05, 3.63) is 46.4 Å². The first kappa shape index (κ1) is 12.7. The van der Waals surface area contributed by atoms with Gasteiger partial charge in [-0.1, -0.05) is 6.07 Å². The third-order valence-corrected chi connectivity index (χ3v) is 5.29. The van der Waals surface area contributed by atoms with Crippen molar-refractivity contribution in [2.75, 3.05) is 5.32 Å². The standard InChI is InChI=1S/C13H8N4OS3/c18-11(16-12-14-3-5-20-12)9-7-21-13-15-8(6-17(9)13)10-2-1-4-19-10/h1-7H,(H,14,16,18). The molecule has 4 rings (SSSR count). The molecule has 4 aromatic heterocycles. The molecule has 0 atom stereocenters. The summed E-state index contributed by atoms with van der Waals surface area (Å²) in [5, 5.41) is 9.03. The minimum atomic E-state index is -0.175. The normalized spacial score (nSPS) is 11.0. The number of thiazole rings is 2. The summed E-state index contributed by atoms with van der Waals surface area (Å²) in [4.78, 5) is 22.8. The third kappa shape index (κ3) is 2.27. The largest absolute Gasteiger partial charge is 0.297 e. The smallest absolute Gasteiger partial charge is 0.275 e. The van der Waals surface area contributed by atoms with E-state index in [-0.39, 0.29) is 5.91 Å². The molecule has 1 N–H and O–H groups in total. The van der Waals surface area contributed by atoms with Crippen molar-refractivity contribution in [1.82, 2.24) is 14.4 Å². The Bertz CT molecular complexity index is 889. The van der Waals surface area contributed by atoms with E-state index in [0.29, 0.717) is 10.8 Å². The molecule has 0 unspecified atom stereocenters. The van der Waals surface area contributed by atoms with Gasteiger partial charge < -0.3 is 0 Å². The number of aromatic nitrogens is 3. The lowest BCUT2D eigenvalue weighted by atomic mass is 10.4. The molecule has 0 spiro atoms. The Hall–Kier alpha value is -2.03. The van der Waals surface area contributed by atoms with E-state index in [1.807, 2.05) is 38.9 Å². The highest BCUT2D eigenvalue weighted by atomic mass is 32.1. The zero-order valence-electron chi connectivity index (χ0n) is 10.5. The SMILES string of the molecule is O=C(Nc1nccs1)c1csc2nc(-c3cccs3)cn12. The molecular weight excluding hydrogens is 324 g/mol. The van der Waals surface area contributed by atoms with Gasteiger partial charge >= 0.3 is 0 Å². The Morgan fingerprint density at radius 3 is 2.95 bits per heavy atom. The molecule has 0 aliphatic carbocycles. The second-order valence-electron chi connectivity index (χ2n) is 4.17. The number of hydrogen-bond donors (Lipinski definition) is 1. The second kappa shape index (κ2) is 5.06. The van der Waals surface area contributed by atoms with Crippen molar-refractivity contribution >= 4 is 50.0 Å². The first-order valence-corrected chi connectivity index (χ1v) is 8.66. The summed E-state index contributed by atoms with van der Waals surface area (Å²) in [6, 6.07) is 4.01. The topological polar surface area (TPSA) is 59.3 Å². The van der Waals surface area contributed by atoms with Gasteiger partial charge in [0.15, 0.2) is 10.1 Å². The average molecular weight is 332 g/mol. The summed E-state index contributed by atoms with van der Waals surface area (Å²) in [5.41, 5.74) is 1.46. The van der Waals surface area contributed by atoms with Gasteiger partial charge in [-0.05, 0) is 11.4 Å². The summed E-state index contributed by atoms with van der Waals surface area (Å²) in [7, 11) is 0. The molecule has 0 radical (unpaired) electrons. The third-order valence-electron chi connectivity index (χ3n) is 2.87. The number of carbonyl (C=O) groups is 1. The van der Waals surface area contributed by atoms with Gasteiger partial charge in [0.25, 0.3) is 5.91 Å². The maximum absolute atomic E-state index is 12.3. The molecule has 0 bridgehead atoms. The van der Waals surface area contributed by atoms with Crippen LogP contribution >= 0.6 is 34.0 Å².